The third kappa shape index (κ3) is 7.22. The van der Waals surface area contributed by atoms with E-state index in [2.05, 4.69) is 26.2 Å². The molecule has 0 spiro atoms. The van der Waals surface area contributed by atoms with Crippen LogP contribution in [0, 0.1) is 0 Å². The second-order valence-corrected chi connectivity index (χ2v) is 10.4. The third-order valence-corrected chi connectivity index (χ3v) is 3.15. The standard InChI is InChI=1S/C11H20O4Si/c1-8(7-16(4,5)6)11(14-9(2)12)15-10(3)13/h11H,1,7H2,2-6H3. The minimum Gasteiger partial charge on any atom is -0.421 e. The number of hydrogen-bond donors (Lipinski definition) is 0. The first kappa shape index (κ1) is 14.9. The predicted octanol–water partition coefficient (Wildman–Crippen LogP) is 2.33. The van der Waals surface area contributed by atoms with Crippen molar-refractivity contribution >= 4 is 20.0 Å². The van der Waals surface area contributed by atoms with Gasteiger partial charge in [0.1, 0.15) is 0 Å². The van der Waals surface area contributed by atoms with Crippen molar-refractivity contribution in [3.8, 4) is 0 Å². The molecule has 92 valence electrons. The van der Waals surface area contributed by atoms with E-state index in [9.17, 15) is 9.59 Å². The summed E-state index contributed by atoms with van der Waals surface area (Å²) < 4.78 is 9.82. The largest absolute Gasteiger partial charge is 0.421 e. The highest BCUT2D eigenvalue weighted by Crippen LogP contribution is 2.20. The average Bonchev–Trinajstić information content (AvgIpc) is 1.97. The van der Waals surface area contributed by atoms with Crippen molar-refractivity contribution in [3.05, 3.63) is 12.2 Å². The molecule has 4 nitrogen and oxygen atoms in total. The topological polar surface area (TPSA) is 52.6 Å². The number of carbonyl (C=O) groups is 2. The average molecular weight is 244 g/mol. The molecular weight excluding hydrogens is 224 g/mol. The lowest BCUT2D eigenvalue weighted by Crippen LogP contribution is -2.29. The van der Waals surface area contributed by atoms with Gasteiger partial charge in [0.25, 0.3) is 6.29 Å². The van der Waals surface area contributed by atoms with Crippen LogP contribution >= 0.6 is 0 Å². The molecule has 5 heteroatoms. The first-order chi connectivity index (χ1) is 7.11. The predicted molar refractivity (Wildman–Crippen MR) is 64.6 cm³/mol. The normalized spacial score (nSPS) is 11.1. The summed E-state index contributed by atoms with van der Waals surface area (Å²) in [4.78, 5) is 21.7. The molecule has 0 aromatic rings. The molecule has 0 bridgehead atoms. The van der Waals surface area contributed by atoms with Crippen molar-refractivity contribution < 1.29 is 19.1 Å². The highest BCUT2D eigenvalue weighted by Gasteiger charge is 2.24. The maximum absolute atomic E-state index is 10.9. The smallest absolute Gasteiger partial charge is 0.305 e. The minimum atomic E-state index is -1.37. The molecule has 0 unspecified atom stereocenters. The first-order valence-electron chi connectivity index (χ1n) is 5.14. The Morgan fingerprint density at radius 1 is 1.12 bits per heavy atom. The zero-order valence-corrected chi connectivity index (χ0v) is 11.6. The van der Waals surface area contributed by atoms with E-state index < -0.39 is 26.3 Å². The molecule has 0 saturated heterocycles. The fourth-order valence-electron chi connectivity index (χ4n) is 1.26. The Balaban J connectivity index is 4.56. The lowest BCUT2D eigenvalue weighted by molar-refractivity contribution is -0.177. The van der Waals surface area contributed by atoms with Crippen molar-refractivity contribution in [2.24, 2.45) is 0 Å². The molecule has 0 atom stereocenters. The van der Waals surface area contributed by atoms with E-state index in [0.717, 1.165) is 6.04 Å². The summed E-state index contributed by atoms with van der Waals surface area (Å²) in [6.45, 7) is 12.9. The maximum atomic E-state index is 10.9. The van der Waals surface area contributed by atoms with Crippen molar-refractivity contribution in [2.75, 3.05) is 0 Å². The quantitative estimate of drug-likeness (QED) is 0.322. The fourth-order valence-corrected chi connectivity index (χ4v) is 2.79. The molecule has 0 aromatic heterocycles. The van der Waals surface area contributed by atoms with E-state index in [1.54, 1.807) is 0 Å². The molecular formula is C11H20O4Si. The summed E-state index contributed by atoms with van der Waals surface area (Å²) in [5.41, 5.74) is 0.643. The number of ether oxygens (including phenoxy) is 2. The molecule has 0 aliphatic heterocycles. The Morgan fingerprint density at radius 2 is 1.50 bits per heavy atom. The van der Waals surface area contributed by atoms with E-state index in [0.29, 0.717) is 5.57 Å². The highest BCUT2D eigenvalue weighted by atomic mass is 28.3. The second-order valence-electron chi connectivity index (χ2n) is 4.95. The van der Waals surface area contributed by atoms with Crippen LogP contribution in [0.4, 0.5) is 0 Å². The van der Waals surface area contributed by atoms with Crippen molar-refractivity contribution in [1.29, 1.82) is 0 Å². The van der Waals surface area contributed by atoms with Crippen LogP contribution in [-0.2, 0) is 19.1 Å². The van der Waals surface area contributed by atoms with Gasteiger partial charge in [0.2, 0.25) is 0 Å². The SMILES string of the molecule is C=C(C[Si](C)(C)C)C(OC(C)=O)OC(C)=O. The molecule has 0 aromatic carbocycles. The molecule has 0 amide bonds. The van der Waals surface area contributed by atoms with Crippen LogP contribution in [0.1, 0.15) is 13.8 Å². The number of hydrogen-bond acceptors (Lipinski definition) is 4. The Hall–Kier alpha value is -1.10. The fraction of sp³-hybridized carbons (Fsp3) is 0.636. The van der Waals surface area contributed by atoms with E-state index in [4.69, 9.17) is 9.47 Å². The molecule has 0 N–H and O–H groups in total. The van der Waals surface area contributed by atoms with Gasteiger partial charge in [-0.1, -0.05) is 26.2 Å². The van der Waals surface area contributed by atoms with Crippen LogP contribution < -0.4 is 0 Å². The maximum Gasteiger partial charge on any atom is 0.305 e. The summed E-state index contributed by atoms with van der Waals surface area (Å²) in [6, 6.07) is 0.748. The molecule has 16 heavy (non-hydrogen) atoms. The molecule has 0 saturated carbocycles. The number of rotatable bonds is 5. The Bertz CT molecular complexity index is 275. The van der Waals surface area contributed by atoms with Crippen molar-refractivity contribution in [3.63, 3.8) is 0 Å². The Labute approximate surface area is 97.6 Å². The van der Waals surface area contributed by atoms with Crippen molar-refractivity contribution in [2.45, 2.75) is 45.8 Å². The molecule has 0 aliphatic rings. The highest BCUT2D eigenvalue weighted by molar-refractivity contribution is 6.76. The summed E-state index contributed by atoms with van der Waals surface area (Å²) in [6.07, 6.45) is -0.943. The lowest BCUT2D eigenvalue weighted by atomic mass is 10.3. The summed E-state index contributed by atoms with van der Waals surface area (Å²) in [5.74, 6) is -0.967. The molecule has 0 radical (unpaired) electrons. The Kier molecular flexibility index (Phi) is 5.44. The molecule has 0 heterocycles. The van der Waals surface area contributed by atoms with E-state index in [1.165, 1.54) is 13.8 Å². The zero-order chi connectivity index (χ0) is 12.9. The minimum absolute atomic E-state index is 0.483. The van der Waals surface area contributed by atoms with Gasteiger partial charge >= 0.3 is 11.9 Å². The van der Waals surface area contributed by atoms with Gasteiger partial charge in [-0.25, -0.2) is 0 Å². The van der Waals surface area contributed by atoms with Gasteiger partial charge in [-0.05, 0) is 6.04 Å². The van der Waals surface area contributed by atoms with Gasteiger partial charge in [0.15, 0.2) is 0 Å². The lowest BCUT2D eigenvalue weighted by Gasteiger charge is -2.23. The summed E-state index contributed by atoms with van der Waals surface area (Å²) in [7, 11) is -1.37. The van der Waals surface area contributed by atoms with Crippen LogP contribution in [0.15, 0.2) is 12.2 Å². The monoisotopic (exact) mass is 244 g/mol. The van der Waals surface area contributed by atoms with Crippen molar-refractivity contribution in [1.82, 2.24) is 0 Å². The second kappa shape index (κ2) is 5.84. The van der Waals surface area contributed by atoms with Crippen LogP contribution in [0.25, 0.3) is 0 Å². The summed E-state index contributed by atoms with van der Waals surface area (Å²) >= 11 is 0. The number of carbonyl (C=O) groups excluding carboxylic acids is 2. The van der Waals surface area contributed by atoms with Crippen LogP contribution in [-0.4, -0.2) is 26.3 Å². The van der Waals surface area contributed by atoms with Gasteiger partial charge in [0.05, 0.1) is 0 Å². The first-order valence-corrected chi connectivity index (χ1v) is 8.84. The molecule has 0 fully saturated rings. The summed E-state index contributed by atoms with van der Waals surface area (Å²) in [5, 5.41) is 0. The van der Waals surface area contributed by atoms with Crippen LogP contribution in [0.2, 0.25) is 25.7 Å². The van der Waals surface area contributed by atoms with Gasteiger partial charge in [-0.15, -0.1) is 0 Å². The van der Waals surface area contributed by atoms with Gasteiger partial charge < -0.3 is 9.47 Å². The molecule has 0 rings (SSSR count). The third-order valence-electron chi connectivity index (χ3n) is 1.64. The zero-order valence-electron chi connectivity index (χ0n) is 10.6. The number of esters is 2. The van der Waals surface area contributed by atoms with Crippen LogP contribution in [0.3, 0.4) is 0 Å². The van der Waals surface area contributed by atoms with Gasteiger partial charge in [-0.3, -0.25) is 9.59 Å². The van der Waals surface area contributed by atoms with E-state index in [1.807, 2.05) is 0 Å². The van der Waals surface area contributed by atoms with E-state index in [-0.39, 0.29) is 0 Å². The van der Waals surface area contributed by atoms with Crippen LogP contribution in [0.5, 0.6) is 0 Å². The van der Waals surface area contributed by atoms with Gasteiger partial charge in [-0.2, -0.15) is 0 Å². The van der Waals surface area contributed by atoms with Gasteiger partial charge in [0, 0.05) is 27.5 Å². The Morgan fingerprint density at radius 3 is 1.75 bits per heavy atom. The van der Waals surface area contributed by atoms with E-state index >= 15 is 0 Å². The molecule has 0 aliphatic carbocycles.